The van der Waals surface area contributed by atoms with E-state index in [0.717, 1.165) is 11.1 Å². The van der Waals surface area contributed by atoms with Gasteiger partial charge in [-0.2, -0.15) is 0 Å². The Bertz CT molecular complexity index is 668. The van der Waals surface area contributed by atoms with Gasteiger partial charge in [-0.1, -0.05) is 24.3 Å². The van der Waals surface area contributed by atoms with Crippen LogP contribution in [0.3, 0.4) is 0 Å². The van der Waals surface area contributed by atoms with E-state index >= 15 is 0 Å². The van der Waals surface area contributed by atoms with Gasteiger partial charge in [-0.3, -0.25) is 4.79 Å². The van der Waals surface area contributed by atoms with Gasteiger partial charge in [-0.05, 0) is 35.4 Å². The summed E-state index contributed by atoms with van der Waals surface area (Å²) in [5.41, 5.74) is 2.80. The summed E-state index contributed by atoms with van der Waals surface area (Å²) in [5, 5.41) is 0. The van der Waals surface area contributed by atoms with Gasteiger partial charge in [0.05, 0.1) is 11.8 Å². The minimum Gasteiger partial charge on any atom is -0.489 e. The summed E-state index contributed by atoms with van der Waals surface area (Å²) in [4.78, 5) is 11.4. The van der Waals surface area contributed by atoms with Crippen molar-refractivity contribution >= 4 is 29.0 Å². The second kappa shape index (κ2) is 7.35. The van der Waals surface area contributed by atoms with Crippen LogP contribution in [0.1, 0.15) is 27.6 Å². The zero-order valence-corrected chi connectivity index (χ0v) is 13.9. The molecule has 1 heterocycles. The van der Waals surface area contributed by atoms with Crippen molar-refractivity contribution in [1.29, 1.82) is 0 Å². The summed E-state index contributed by atoms with van der Waals surface area (Å²) >= 11 is 11.3. The molecule has 2 atom stereocenters. The average Bonchev–Trinajstić information content (AvgIpc) is 3.40. The normalized spacial score (nSPS) is 19.4. The molecule has 0 spiro atoms. The molecule has 5 heteroatoms. The molecular weight excluding hydrogens is 335 g/mol. The van der Waals surface area contributed by atoms with Gasteiger partial charge >= 0.3 is 0 Å². The summed E-state index contributed by atoms with van der Waals surface area (Å²) in [6, 6.07) is 15.1. The van der Waals surface area contributed by atoms with Gasteiger partial charge < -0.3 is 9.47 Å². The number of carbonyl (C=O) groups excluding carboxylic acids is 1. The molecule has 1 fully saturated rings. The number of benzene rings is 2. The van der Waals surface area contributed by atoms with Gasteiger partial charge in [0.2, 0.25) is 0 Å². The third-order valence-electron chi connectivity index (χ3n) is 3.75. The lowest BCUT2D eigenvalue weighted by molar-refractivity contribution is 0.102. The van der Waals surface area contributed by atoms with E-state index in [4.69, 9.17) is 32.7 Å². The van der Waals surface area contributed by atoms with Crippen LogP contribution in [-0.4, -0.2) is 23.6 Å². The third-order valence-corrected chi connectivity index (χ3v) is 4.29. The number of halogens is 2. The van der Waals surface area contributed by atoms with Crippen molar-refractivity contribution < 1.29 is 14.3 Å². The first kappa shape index (κ1) is 16.3. The molecule has 0 saturated carbocycles. The molecule has 120 valence electrons. The van der Waals surface area contributed by atoms with E-state index in [-0.39, 0.29) is 23.9 Å². The number of carbonyl (C=O) groups is 1. The third kappa shape index (κ3) is 4.05. The summed E-state index contributed by atoms with van der Waals surface area (Å²) in [6.07, 6.45) is 0.280. The number of ether oxygens (including phenoxy) is 2. The molecule has 1 saturated heterocycles. The van der Waals surface area contributed by atoms with Crippen LogP contribution in [0.25, 0.3) is 0 Å². The molecule has 0 aromatic heterocycles. The molecule has 0 radical (unpaired) electrons. The van der Waals surface area contributed by atoms with Crippen molar-refractivity contribution in [2.24, 2.45) is 0 Å². The van der Waals surface area contributed by atoms with Gasteiger partial charge in [0.15, 0.2) is 5.78 Å². The van der Waals surface area contributed by atoms with Gasteiger partial charge in [0, 0.05) is 5.56 Å². The summed E-state index contributed by atoms with van der Waals surface area (Å²) in [7, 11) is 0. The van der Waals surface area contributed by atoms with E-state index in [2.05, 4.69) is 0 Å². The Kier molecular flexibility index (Phi) is 5.21. The molecule has 2 aromatic rings. The highest BCUT2D eigenvalue weighted by atomic mass is 35.5. The van der Waals surface area contributed by atoms with E-state index in [1.54, 1.807) is 24.3 Å². The van der Waals surface area contributed by atoms with E-state index in [1.165, 1.54) is 0 Å². The second-order valence-electron chi connectivity index (χ2n) is 5.36. The topological polar surface area (TPSA) is 38.8 Å². The molecule has 2 unspecified atom stereocenters. The molecular formula is C18H16Cl2O3. The Hall–Kier alpha value is -1.55. The van der Waals surface area contributed by atoms with Gasteiger partial charge in [-0.15, -0.1) is 23.2 Å². The molecule has 1 aliphatic rings. The summed E-state index contributed by atoms with van der Waals surface area (Å²) in [5.74, 6) is 1.14. The Morgan fingerprint density at radius 1 is 1.04 bits per heavy atom. The lowest BCUT2D eigenvalue weighted by Gasteiger charge is -2.07. The van der Waals surface area contributed by atoms with E-state index in [0.29, 0.717) is 23.8 Å². The average molecular weight is 351 g/mol. The van der Waals surface area contributed by atoms with Crippen molar-refractivity contribution in [2.75, 3.05) is 11.8 Å². The minimum atomic E-state index is -0.0913. The van der Waals surface area contributed by atoms with Crippen LogP contribution < -0.4 is 4.74 Å². The maximum absolute atomic E-state index is 11.4. The fourth-order valence-electron chi connectivity index (χ4n) is 2.34. The van der Waals surface area contributed by atoms with Crippen LogP contribution in [0.4, 0.5) is 0 Å². The number of Topliss-reactive ketones (excluding diaryl/α,β-unsaturated/α-hetero) is 1. The van der Waals surface area contributed by atoms with Crippen molar-refractivity contribution in [2.45, 2.75) is 18.8 Å². The monoisotopic (exact) mass is 350 g/mol. The molecule has 3 rings (SSSR count). The highest BCUT2D eigenvalue weighted by Crippen LogP contribution is 2.39. The van der Waals surface area contributed by atoms with Crippen LogP contribution in [0.15, 0.2) is 48.5 Å². The van der Waals surface area contributed by atoms with Crippen molar-refractivity contribution in [1.82, 2.24) is 0 Å². The quantitative estimate of drug-likeness (QED) is 0.423. The first-order valence-electron chi connectivity index (χ1n) is 7.33. The van der Waals surface area contributed by atoms with Gasteiger partial charge in [0.1, 0.15) is 24.6 Å². The number of epoxide rings is 1. The minimum absolute atomic E-state index is 0.0121. The van der Waals surface area contributed by atoms with Crippen molar-refractivity contribution in [3.8, 4) is 5.75 Å². The fraction of sp³-hybridized carbons (Fsp3) is 0.278. The highest BCUT2D eigenvalue weighted by molar-refractivity contribution is 6.30. The zero-order valence-electron chi connectivity index (χ0n) is 12.4. The van der Waals surface area contributed by atoms with E-state index < -0.39 is 0 Å². The van der Waals surface area contributed by atoms with Crippen LogP contribution in [0.5, 0.6) is 5.75 Å². The smallest absolute Gasteiger partial charge is 0.177 e. The number of ketones is 1. The van der Waals surface area contributed by atoms with Crippen LogP contribution in [-0.2, 0) is 11.3 Å². The van der Waals surface area contributed by atoms with Crippen molar-refractivity contribution in [3.05, 3.63) is 65.2 Å². The van der Waals surface area contributed by atoms with Gasteiger partial charge in [0.25, 0.3) is 0 Å². The number of hydrogen-bond acceptors (Lipinski definition) is 3. The molecule has 0 amide bonds. The largest absolute Gasteiger partial charge is 0.489 e. The fourth-order valence-corrected chi connectivity index (χ4v) is 2.73. The SMILES string of the molecule is O=C(CCl)c1ccc(OCc2ccc(C3OC3CCl)cc2)cc1. The molecule has 23 heavy (non-hydrogen) atoms. The summed E-state index contributed by atoms with van der Waals surface area (Å²) in [6.45, 7) is 0.466. The zero-order chi connectivity index (χ0) is 16.2. The molecule has 0 bridgehead atoms. The van der Waals surface area contributed by atoms with E-state index in [1.807, 2.05) is 24.3 Å². The first-order chi connectivity index (χ1) is 11.2. The predicted octanol–water partition coefficient (Wildman–Crippen LogP) is 4.37. The van der Waals surface area contributed by atoms with Crippen molar-refractivity contribution in [3.63, 3.8) is 0 Å². The Morgan fingerprint density at radius 2 is 1.74 bits per heavy atom. The van der Waals surface area contributed by atoms with Crippen LogP contribution in [0.2, 0.25) is 0 Å². The molecule has 2 aromatic carbocycles. The maximum Gasteiger partial charge on any atom is 0.177 e. The number of hydrogen-bond donors (Lipinski definition) is 0. The molecule has 1 aliphatic heterocycles. The highest BCUT2D eigenvalue weighted by Gasteiger charge is 2.39. The lowest BCUT2D eigenvalue weighted by atomic mass is 10.1. The maximum atomic E-state index is 11.4. The Balaban J connectivity index is 1.55. The molecule has 3 nitrogen and oxygen atoms in total. The second-order valence-corrected chi connectivity index (χ2v) is 5.94. The number of rotatable bonds is 7. The van der Waals surface area contributed by atoms with Crippen LogP contribution in [0, 0.1) is 0 Å². The Labute approximate surface area is 145 Å². The standard InChI is InChI=1S/C18H16Cl2O3/c19-9-16(21)13-5-7-15(8-6-13)22-11-12-1-3-14(4-2-12)18-17(10-20)23-18/h1-8,17-18H,9-11H2. The Morgan fingerprint density at radius 3 is 2.30 bits per heavy atom. The van der Waals surface area contributed by atoms with Crippen LogP contribution >= 0.6 is 23.2 Å². The summed E-state index contributed by atoms with van der Waals surface area (Å²) < 4.78 is 11.2. The van der Waals surface area contributed by atoms with Gasteiger partial charge in [-0.25, -0.2) is 0 Å². The lowest BCUT2D eigenvalue weighted by Crippen LogP contribution is -2.00. The first-order valence-corrected chi connectivity index (χ1v) is 8.40. The molecule has 0 aliphatic carbocycles. The van der Waals surface area contributed by atoms with E-state index in [9.17, 15) is 4.79 Å². The number of alkyl halides is 2. The predicted molar refractivity (Wildman–Crippen MR) is 90.6 cm³/mol. The molecule has 0 N–H and O–H groups in total.